The zero-order valence-electron chi connectivity index (χ0n) is 8.13. The second-order valence-corrected chi connectivity index (χ2v) is 3.92. The molecule has 2 rings (SSSR count). The summed E-state index contributed by atoms with van der Waals surface area (Å²) in [5.41, 5.74) is 6.58. The Kier molecular flexibility index (Phi) is 2.79. The van der Waals surface area contributed by atoms with Crippen LogP contribution in [-0.4, -0.2) is 22.7 Å². The van der Waals surface area contributed by atoms with Crippen molar-refractivity contribution in [1.29, 1.82) is 0 Å². The summed E-state index contributed by atoms with van der Waals surface area (Å²) >= 11 is 0. The highest BCUT2D eigenvalue weighted by Crippen LogP contribution is 2.38. The van der Waals surface area contributed by atoms with Crippen LogP contribution < -0.4 is 5.73 Å². The Morgan fingerprint density at radius 1 is 1.50 bits per heavy atom. The van der Waals surface area contributed by atoms with E-state index in [1.165, 1.54) is 0 Å². The molecule has 1 aliphatic carbocycles. The molecule has 1 heterocycles. The fourth-order valence-corrected chi connectivity index (χ4v) is 1.80. The summed E-state index contributed by atoms with van der Waals surface area (Å²) in [4.78, 5) is 4.24. The van der Waals surface area contributed by atoms with Gasteiger partial charge in [0.25, 0.3) is 0 Å². The van der Waals surface area contributed by atoms with Crippen LogP contribution >= 0.6 is 0 Å². The summed E-state index contributed by atoms with van der Waals surface area (Å²) in [5, 5.41) is 9.98. The standard InChI is InChI=1S/C11H16N2O/c12-7-9(11(14)8-4-5-8)10-3-1-2-6-13-10/h1-3,6,8-9,11,14H,4-5,7,12H2. The zero-order valence-corrected chi connectivity index (χ0v) is 8.13. The molecule has 1 saturated carbocycles. The number of aromatic nitrogens is 1. The van der Waals surface area contributed by atoms with Crippen molar-refractivity contribution in [3.8, 4) is 0 Å². The van der Waals surface area contributed by atoms with Gasteiger partial charge in [-0.3, -0.25) is 4.98 Å². The molecule has 1 aromatic heterocycles. The number of aliphatic hydroxyl groups excluding tert-OH is 1. The van der Waals surface area contributed by atoms with Gasteiger partial charge in [0.1, 0.15) is 0 Å². The summed E-state index contributed by atoms with van der Waals surface area (Å²) in [6.45, 7) is 0.467. The highest BCUT2D eigenvalue weighted by molar-refractivity contribution is 5.13. The van der Waals surface area contributed by atoms with Crippen LogP contribution in [0.25, 0.3) is 0 Å². The number of nitrogens with two attached hydrogens (primary N) is 1. The van der Waals surface area contributed by atoms with Gasteiger partial charge >= 0.3 is 0 Å². The van der Waals surface area contributed by atoms with E-state index in [2.05, 4.69) is 4.98 Å². The maximum Gasteiger partial charge on any atom is 0.0664 e. The Hall–Kier alpha value is -0.930. The van der Waals surface area contributed by atoms with Crippen molar-refractivity contribution in [1.82, 2.24) is 4.98 Å². The van der Waals surface area contributed by atoms with Crippen LogP contribution in [0.2, 0.25) is 0 Å². The lowest BCUT2D eigenvalue weighted by molar-refractivity contribution is 0.121. The Balaban J connectivity index is 2.12. The highest BCUT2D eigenvalue weighted by atomic mass is 16.3. The minimum atomic E-state index is -0.310. The normalized spacial score (nSPS) is 20.4. The number of rotatable bonds is 4. The molecule has 1 fully saturated rings. The van der Waals surface area contributed by atoms with Crippen LogP contribution in [0.3, 0.4) is 0 Å². The Morgan fingerprint density at radius 3 is 2.79 bits per heavy atom. The van der Waals surface area contributed by atoms with E-state index < -0.39 is 0 Å². The van der Waals surface area contributed by atoms with Gasteiger partial charge in [-0.05, 0) is 30.9 Å². The SMILES string of the molecule is NCC(c1ccccn1)C(O)C1CC1. The molecule has 0 radical (unpaired) electrons. The van der Waals surface area contributed by atoms with E-state index in [0.29, 0.717) is 12.5 Å². The first-order chi connectivity index (χ1) is 6.83. The van der Waals surface area contributed by atoms with Gasteiger partial charge in [0.05, 0.1) is 6.10 Å². The van der Waals surface area contributed by atoms with Gasteiger partial charge in [-0.25, -0.2) is 0 Å². The van der Waals surface area contributed by atoms with Gasteiger partial charge in [0, 0.05) is 24.4 Å². The lowest BCUT2D eigenvalue weighted by Gasteiger charge is -2.20. The van der Waals surface area contributed by atoms with E-state index >= 15 is 0 Å². The molecule has 14 heavy (non-hydrogen) atoms. The minimum Gasteiger partial charge on any atom is -0.392 e. The lowest BCUT2D eigenvalue weighted by atomic mass is 9.95. The van der Waals surface area contributed by atoms with Gasteiger partial charge in [0.2, 0.25) is 0 Å². The Bertz CT molecular complexity index is 285. The van der Waals surface area contributed by atoms with E-state index in [4.69, 9.17) is 5.73 Å². The molecule has 2 unspecified atom stereocenters. The summed E-state index contributed by atoms with van der Waals surface area (Å²) in [5.74, 6) is 0.453. The summed E-state index contributed by atoms with van der Waals surface area (Å²) < 4.78 is 0. The van der Waals surface area contributed by atoms with Gasteiger partial charge in [0.15, 0.2) is 0 Å². The van der Waals surface area contributed by atoms with Crippen LogP contribution in [0.1, 0.15) is 24.5 Å². The summed E-state index contributed by atoms with van der Waals surface area (Å²) in [6.07, 6.45) is 3.70. The predicted molar refractivity (Wildman–Crippen MR) is 54.8 cm³/mol. The third-order valence-corrected chi connectivity index (χ3v) is 2.84. The van der Waals surface area contributed by atoms with E-state index in [0.717, 1.165) is 18.5 Å². The average molecular weight is 192 g/mol. The van der Waals surface area contributed by atoms with Crippen molar-refractivity contribution in [3.05, 3.63) is 30.1 Å². The first-order valence-corrected chi connectivity index (χ1v) is 5.12. The van der Waals surface area contributed by atoms with Gasteiger partial charge < -0.3 is 10.8 Å². The molecule has 76 valence electrons. The van der Waals surface area contributed by atoms with Crippen molar-refractivity contribution in [3.63, 3.8) is 0 Å². The molecule has 1 aromatic rings. The zero-order chi connectivity index (χ0) is 9.97. The van der Waals surface area contributed by atoms with Crippen molar-refractivity contribution in [2.24, 2.45) is 11.7 Å². The van der Waals surface area contributed by atoms with Crippen LogP contribution in [0.5, 0.6) is 0 Å². The molecule has 0 spiro atoms. The number of nitrogens with zero attached hydrogens (tertiary/aromatic N) is 1. The lowest BCUT2D eigenvalue weighted by Crippen LogP contribution is -2.28. The Labute approximate surface area is 84.0 Å². The van der Waals surface area contributed by atoms with E-state index in [1.807, 2.05) is 18.2 Å². The van der Waals surface area contributed by atoms with Crippen LogP contribution in [0.15, 0.2) is 24.4 Å². The molecule has 0 amide bonds. The van der Waals surface area contributed by atoms with E-state index in [-0.39, 0.29) is 12.0 Å². The molecule has 3 heteroatoms. The molecule has 0 aliphatic heterocycles. The highest BCUT2D eigenvalue weighted by Gasteiger charge is 2.35. The van der Waals surface area contributed by atoms with Crippen LogP contribution in [0.4, 0.5) is 0 Å². The van der Waals surface area contributed by atoms with Gasteiger partial charge in [-0.15, -0.1) is 0 Å². The third-order valence-electron chi connectivity index (χ3n) is 2.84. The quantitative estimate of drug-likeness (QED) is 0.745. The second-order valence-electron chi connectivity index (χ2n) is 3.92. The van der Waals surface area contributed by atoms with Crippen molar-refractivity contribution >= 4 is 0 Å². The molecule has 0 bridgehead atoms. The fourth-order valence-electron chi connectivity index (χ4n) is 1.80. The van der Waals surface area contributed by atoms with Crippen molar-refractivity contribution in [2.45, 2.75) is 24.9 Å². The number of pyridine rings is 1. The number of hydrogen-bond acceptors (Lipinski definition) is 3. The molecule has 0 aromatic carbocycles. The monoisotopic (exact) mass is 192 g/mol. The van der Waals surface area contributed by atoms with Crippen LogP contribution in [-0.2, 0) is 0 Å². The van der Waals surface area contributed by atoms with Crippen LogP contribution in [0, 0.1) is 5.92 Å². The largest absolute Gasteiger partial charge is 0.392 e. The molecule has 0 saturated heterocycles. The molecule has 1 aliphatic rings. The summed E-state index contributed by atoms with van der Waals surface area (Å²) in [7, 11) is 0. The maximum absolute atomic E-state index is 9.98. The van der Waals surface area contributed by atoms with E-state index in [1.54, 1.807) is 6.20 Å². The fraction of sp³-hybridized carbons (Fsp3) is 0.545. The first kappa shape index (κ1) is 9.62. The maximum atomic E-state index is 9.98. The smallest absolute Gasteiger partial charge is 0.0664 e. The molecular formula is C11H16N2O. The third kappa shape index (κ3) is 1.94. The minimum absolute atomic E-state index is 0.00343. The van der Waals surface area contributed by atoms with Gasteiger partial charge in [-0.1, -0.05) is 6.07 Å². The average Bonchev–Trinajstić information content (AvgIpc) is 3.03. The van der Waals surface area contributed by atoms with Crippen molar-refractivity contribution in [2.75, 3.05) is 6.54 Å². The van der Waals surface area contributed by atoms with Gasteiger partial charge in [-0.2, -0.15) is 0 Å². The summed E-state index contributed by atoms with van der Waals surface area (Å²) in [6, 6.07) is 5.74. The molecule has 2 atom stereocenters. The number of aliphatic hydroxyl groups is 1. The molecular weight excluding hydrogens is 176 g/mol. The predicted octanol–water partition coefficient (Wildman–Crippen LogP) is 0.895. The molecule has 3 N–H and O–H groups in total. The number of hydrogen-bond donors (Lipinski definition) is 2. The Morgan fingerprint density at radius 2 is 2.29 bits per heavy atom. The second kappa shape index (κ2) is 4.07. The topological polar surface area (TPSA) is 59.1 Å². The molecule has 3 nitrogen and oxygen atoms in total. The first-order valence-electron chi connectivity index (χ1n) is 5.12. The van der Waals surface area contributed by atoms with Crippen molar-refractivity contribution < 1.29 is 5.11 Å². The van der Waals surface area contributed by atoms with E-state index in [9.17, 15) is 5.11 Å².